The highest BCUT2D eigenvalue weighted by Crippen LogP contribution is 2.32. The number of rotatable bonds is 6. The molecule has 0 saturated heterocycles. The van der Waals surface area contributed by atoms with Crippen LogP contribution in [0.15, 0.2) is 41.2 Å². The zero-order chi connectivity index (χ0) is 22.7. The van der Waals surface area contributed by atoms with E-state index in [1.165, 1.54) is 54.1 Å². The van der Waals surface area contributed by atoms with Gasteiger partial charge < -0.3 is 4.57 Å². The molecule has 2 N–H and O–H groups in total. The first-order valence-electron chi connectivity index (χ1n) is 11.4. The summed E-state index contributed by atoms with van der Waals surface area (Å²) in [7, 11) is 0. The first-order valence-corrected chi connectivity index (χ1v) is 11.4. The summed E-state index contributed by atoms with van der Waals surface area (Å²) >= 11 is 0. The zero-order valence-corrected chi connectivity index (χ0v) is 19.0. The molecule has 7 heteroatoms. The van der Waals surface area contributed by atoms with Crippen molar-refractivity contribution in [3.63, 3.8) is 0 Å². The van der Waals surface area contributed by atoms with E-state index in [4.69, 9.17) is 0 Å². The Labute approximate surface area is 188 Å². The molecule has 7 nitrogen and oxygen atoms in total. The number of hydrogen-bond donors (Lipinski definition) is 2. The smallest absolute Gasteiger partial charge is 0.262 e. The summed E-state index contributed by atoms with van der Waals surface area (Å²) in [5.41, 5.74) is 9.38. The fourth-order valence-electron chi connectivity index (χ4n) is 4.75. The zero-order valence-electron chi connectivity index (χ0n) is 19.0. The Balaban J connectivity index is 1.47. The molecule has 1 amide bonds. The number of nitrogens with zero attached hydrogens (tertiary/aromatic N) is 3. The SMILES string of the molecule is CCn1c(NNC(=O)/C=C/c2cc(C)n(C3CCCCC3)c2C)nc2ccccc2c1=O. The van der Waals surface area contributed by atoms with Crippen molar-refractivity contribution in [2.45, 2.75) is 65.5 Å². The predicted molar refractivity (Wildman–Crippen MR) is 129 cm³/mol. The van der Waals surface area contributed by atoms with Crippen LogP contribution in [0.2, 0.25) is 0 Å². The van der Waals surface area contributed by atoms with Gasteiger partial charge in [0.05, 0.1) is 10.9 Å². The van der Waals surface area contributed by atoms with Gasteiger partial charge in [0, 0.05) is 30.1 Å². The van der Waals surface area contributed by atoms with Gasteiger partial charge in [-0.3, -0.25) is 25.0 Å². The van der Waals surface area contributed by atoms with Crippen molar-refractivity contribution in [1.82, 2.24) is 19.5 Å². The highest BCUT2D eigenvalue weighted by atomic mass is 16.2. The Morgan fingerprint density at radius 3 is 2.69 bits per heavy atom. The number of para-hydroxylation sites is 1. The van der Waals surface area contributed by atoms with Gasteiger partial charge in [-0.05, 0) is 63.5 Å². The third-order valence-electron chi connectivity index (χ3n) is 6.35. The van der Waals surface area contributed by atoms with E-state index in [0.717, 1.165) is 5.56 Å². The van der Waals surface area contributed by atoms with E-state index in [1.807, 2.05) is 25.1 Å². The lowest BCUT2D eigenvalue weighted by atomic mass is 9.95. The average Bonchev–Trinajstić information content (AvgIpc) is 3.09. The Hall–Kier alpha value is -3.35. The molecule has 1 aromatic carbocycles. The topological polar surface area (TPSA) is 81.0 Å². The van der Waals surface area contributed by atoms with Crippen molar-refractivity contribution >= 4 is 28.8 Å². The molecule has 0 atom stereocenters. The van der Waals surface area contributed by atoms with Crippen LogP contribution in [0.3, 0.4) is 0 Å². The van der Waals surface area contributed by atoms with Crippen LogP contribution in [0.4, 0.5) is 5.95 Å². The van der Waals surface area contributed by atoms with Gasteiger partial charge in [-0.25, -0.2) is 4.98 Å². The first-order chi connectivity index (χ1) is 15.5. The molecule has 1 fully saturated rings. The molecule has 0 spiro atoms. The van der Waals surface area contributed by atoms with Crippen LogP contribution in [0.5, 0.6) is 0 Å². The van der Waals surface area contributed by atoms with Crippen LogP contribution < -0.4 is 16.4 Å². The largest absolute Gasteiger partial charge is 0.346 e. The second-order valence-corrected chi connectivity index (χ2v) is 8.44. The van der Waals surface area contributed by atoms with Crippen molar-refractivity contribution in [3.05, 3.63) is 63.7 Å². The van der Waals surface area contributed by atoms with Crippen LogP contribution in [-0.2, 0) is 11.3 Å². The van der Waals surface area contributed by atoms with E-state index in [2.05, 4.69) is 40.3 Å². The number of carbonyl (C=O) groups is 1. The molecule has 2 aromatic heterocycles. The van der Waals surface area contributed by atoms with Crippen LogP contribution in [0.1, 0.15) is 62.0 Å². The molecule has 1 saturated carbocycles. The molecular formula is C25H31N5O2. The number of benzene rings is 1. The summed E-state index contributed by atoms with van der Waals surface area (Å²) in [5, 5.41) is 0.555. The summed E-state index contributed by atoms with van der Waals surface area (Å²) in [5.74, 6) is 0.00552. The molecule has 0 aliphatic heterocycles. The van der Waals surface area contributed by atoms with Gasteiger partial charge in [0.25, 0.3) is 11.5 Å². The Morgan fingerprint density at radius 2 is 1.94 bits per heavy atom. The summed E-state index contributed by atoms with van der Waals surface area (Å²) in [6.07, 6.45) is 9.70. The van der Waals surface area contributed by atoms with Gasteiger partial charge in [-0.2, -0.15) is 0 Å². The third-order valence-corrected chi connectivity index (χ3v) is 6.35. The monoisotopic (exact) mass is 433 g/mol. The highest BCUT2D eigenvalue weighted by molar-refractivity contribution is 5.92. The number of aromatic nitrogens is 3. The van der Waals surface area contributed by atoms with Crippen molar-refractivity contribution in [2.75, 3.05) is 5.43 Å². The third kappa shape index (κ3) is 4.33. The van der Waals surface area contributed by atoms with E-state index in [9.17, 15) is 9.59 Å². The second-order valence-electron chi connectivity index (χ2n) is 8.44. The lowest BCUT2D eigenvalue weighted by Gasteiger charge is -2.26. The Bertz CT molecular complexity index is 1220. The maximum absolute atomic E-state index is 12.7. The van der Waals surface area contributed by atoms with Gasteiger partial charge in [0.2, 0.25) is 5.95 Å². The number of amides is 1. The van der Waals surface area contributed by atoms with Crippen LogP contribution in [0, 0.1) is 13.8 Å². The number of nitrogens with one attached hydrogen (secondary N) is 2. The number of carbonyl (C=O) groups excluding carboxylic acids is 1. The van der Waals surface area contributed by atoms with Gasteiger partial charge in [0.1, 0.15) is 0 Å². The van der Waals surface area contributed by atoms with E-state index in [0.29, 0.717) is 29.4 Å². The molecule has 1 aliphatic carbocycles. The summed E-state index contributed by atoms with van der Waals surface area (Å²) in [6, 6.07) is 9.89. The maximum Gasteiger partial charge on any atom is 0.262 e. The van der Waals surface area contributed by atoms with Gasteiger partial charge in [0.15, 0.2) is 0 Å². The fraction of sp³-hybridized carbons (Fsp3) is 0.400. The number of hydrazine groups is 1. The minimum absolute atomic E-state index is 0.138. The van der Waals surface area contributed by atoms with E-state index >= 15 is 0 Å². The van der Waals surface area contributed by atoms with Crippen molar-refractivity contribution in [1.29, 1.82) is 0 Å². The number of fused-ring (bicyclic) bond motifs is 1. The molecule has 0 unspecified atom stereocenters. The quantitative estimate of drug-likeness (QED) is 0.443. The van der Waals surface area contributed by atoms with E-state index in [-0.39, 0.29) is 11.5 Å². The lowest BCUT2D eigenvalue weighted by Crippen LogP contribution is -2.33. The molecule has 1 aliphatic rings. The highest BCUT2D eigenvalue weighted by Gasteiger charge is 2.19. The number of anilines is 1. The second kappa shape index (κ2) is 9.42. The van der Waals surface area contributed by atoms with Crippen LogP contribution >= 0.6 is 0 Å². The summed E-state index contributed by atoms with van der Waals surface area (Å²) < 4.78 is 3.93. The average molecular weight is 434 g/mol. The summed E-state index contributed by atoms with van der Waals surface area (Å²) in [4.78, 5) is 29.6. The molecule has 0 radical (unpaired) electrons. The van der Waals surface area contributed by atoms with E-state index in [1.54, 1.807) is 12.1 Å². The van der Waals surface area contributed by atoms with Crippen molar-refractivity contribution in [3.8, 4) is 0 Å². The molecule has 4 rings (SSSR count). The van der Waals surface area contributed by atoms with Crippen LogP contribution in [0.25, 0.3) is 17.0 Å². The molecule has 32 heavy (non-hydrogen) atoms. The Kier molecular flexibility index (Phi) is 6.44. The van der Waals surface area contributed by atoms with Gasteiger partial charge in [-0.15, -0.1) is 0 Å². The molecule has 2 heterocycles. The number of hydrogen-bond acceptors (Lipinski definition) is 4. The standard InChI is InChI=1S/C25H31N5O2/c1-4-29-24(32)21-12-8-9-13-22(21)26-25(29)28-27-23(31)15-14-19-16-17(2)30(18(19)3)20-10-6-5-7-11-20/h8-9,12-16,20H,4-7,10-11H2,1-3H3,(H,26,28)(H,27,31)/b15-14+. The minimum Gasteiger partial charge on any atom is -0.346 e. The minimum atomic E-state index is -0.308. The summed E-state index contributed by atoms with van der Waals surface area (Å²) in [6.45, 7) is 6.57. The lowest BCUT2D eigenvalue weighted by molar-refractivity contribution is -0.116. The van der Waals surface area contributed by atoms with Gasteiger partial charge >= 0.3 is 0 Å². The van der Waals surface area contributed by atoms with Crippen molar-refractivity contribution in [2.24, 2.45) is 0 Å². The molecule has 3 aromatic rings. The molecule has 168 valence electrons. The maximum atomic E-state index is 12.7. The van der Waals surface area contributed by atoms with Crippen LogP contribution in [-0.4, -0.2) is 20.0 Å². The fourth-order valence-corrected chi connectivity index (χ4v) is 4.75. The molecule has 0 bridgehead atoms. The Morgan fingerprint density at radius 1 is 1.19 bits per heavy atom. The van der Waals surface area contributed by atoms with Crippen molar-refractivity contribution < 1.29 is 4.79 Å². The predicted octanol–water partition coefficient (Wildman–Crippen LogP) is 4.50. The van der Waals surface area contributed by atoms with E-state index < -0.39 is 0 Å². The normalized spacial score (nSPS) is 14.8. The molecular weight excluding hydrogens is 402 g/mol. The first kappa shape index (κ1) is 21.9. The van der Waals surface area contributed by atoms with Gasteiger partial charge in [-0.1, -0.05) is 31.4 Å². The number of aryl methyl sites for hydroxylation is 1.